The summed E-state index contributed by atoms with van der Waals surface area (Å²) in [4.78, 5) is 8.33. The molecule has 1 aromatic heterocycles. The third kappa shape index (κ3) is 4.07. The Morgan fingerprint density at radius 1 is 1.10 bits per heavy atom. The van der Waals surface area contributed by atoms with Crippen molar-refractivity contribution >= 4 is 11.6 Å². The zero-order valence-electron chi connectivity index (χ0n) is 12.7. The van der Waals surface area contributed by atoms with Gasteiger partial charge >= 0.3 is 0 Å². The van der Waals surface area contributed by atoms with Crippen molar-refractivity contribution in [3.8, 4) is 0 Å². The minimum atomic E-state index is -0.612. The molecule has 0 aliphatic heterocycles. The molecule has 0 amide bonds. The van der Waals surface area contributed by atoms with Crippen molar-refractivity contribution in [2.24, 2.45) is 5.41 Å². The van der Waals surface area contributed by atoms with Crippen molar-refractivity contribution in [1.82, 2.24) is 9.97 Å². The van der Waals surface area contributed by atoms with Crippen molar-refractivity contribution in [2.75, 3.05) is 23.7 Å². The number of nitrogens with zero attached hydrogens (tertiary/aromatic N) is 2. The first-order valence-electron chi connectivity index (χ1n) is 7.45. The van der Waals surface area contributed by atoms with Crippen molar-refractivity contribution in [3.05, 3.63) is 12.4 Å². The van der Waals surface area contributed by atoms with E-state index in [2.05, 4.69) is 34.4 Å². The van der Waals surface area contributed by atoms with E-state index in [0.717, 1.165) is 43.9 Å². The minimum absolute atomic E-state index is 0.360. The average molecular weight is 278 g/mol. The van der Waals surface area contributed by atoms with Crippen LogP contribution in [-0.4, -0.2) is 33.8 Å². The van der Waals surface area contributed by atoms with Crippen molar-refractivity contribution in [3.63, 3.8) is 0 Å². The van der Waals surface area contributed by atoms with E-state index in [-0.39, 0.29) is 0 Å². The summed E-state index contributed by atoms with van der Waals surface area (Å²) in [5.74, 6) is 1.57. The largest absolute Gasteiger partial charge is 0.388 e. The fourth-order valence-electron chi connectivity index (χ4n) is 2.56. The van der Waals surface area contributed by atoms with Gasteiger partial charge in [0.25, 0.3) is 0 Å². The summed E-state index contributed by atoms with van der Waals surface area (Å²) in [7, 11) is 0. The first kappa shape index (κ1) is 15.0. The Balaban J connectivity index is 1.90. The van der Waals surface area contributed by atoms with Crippen LogP contribution in [0.4, 0.5) is 11.6 Å². The molecule has 0 saturated heterocycles. The molecule has 2 rings (SSSR count). The van der Waals surface area contributed by atoms with Crippen LogP contribution in [0.25, 0.3) is 0 Å². The van der Waals surface area contributed by atoms with E-state index < -0.39 is 5.60 Å². The van der Waals surface area contributed by atoms with Gasteiger partial charge in [0, 0.05) is 19.2 Å². The van der Waals surface area contributed by atoms with Gasteiger partial charge in [0.15, 0.2) is 0 Å². The van der Waals surface area contributed by atoms with Gasteiger partial charge in [0.2, 0.25) is 0 Å². The minimum Gasteiger partial charge on any atom is -0.388 e. The van der Waals surface area contributed by atoms with Gasteiger partial charge in [-0.2, -0.15) is 0 Å². The first-order valence-corrected chi connectivity index (χ1v) is 7.45. The Kier molecular flexibility index (Phi) is 4.48. The molecule has 0 aromatic carbocycles. The maximum atomic E-state index is 10.6. The quantitative estimate of drug-likeness (QED) is 0.772. The van der Waals surface area contributed by atoms with E-state index in [1.165, 1.54) is 6.33 Å². The van der Waals surface area contributed by atoms with Crippen molar-refractivity contribution in [1.29, 1.82) is 0 Å². The second-order valence-electron chi connectivity index (χ2n) is 6.56. The van der Waals surface area contributed by atoms with Crippen molar-refractivity contribution in [2.45, 2.75) is 52.1 Å². The Hall–Kier alpha value is -1.36. The van der Waals surface area contributed by atoms with E-state index in [9.17, 15) is 5.11 Å². The maximum absolute atomic E-state index is 10.6. The molecule has 1 saturated carbocycles. The number of hydrogen-bond donors (Lipinski definition) is 3. The summed E-state index contributed by atoms with van der Waals surface area (Å²) in [6, 6.07) is 1.87. The first-order chi connectivity index (χ1) is 9.42. The predicted molar refractivity (Wildman–Crippen MR) is 81.9 cm³/mol. The molecule has 0 radical (unpaired) electrons. The highest BCUT2D eigenvalue weighted by molar-refractivity contribution is 5.46. The predicted octanol–water partition coefficient (Wildman–Crippen LogP) is 2.65. The highest BCUT2D eigenvalue weighted by atomic mass is 16.3. The molecule has 0 spiro atoms. The second-order valence-corrected chi connectivity index (χ2v) is 6.56. The lowest BCUT2D eigenvalue weighted by Gasteiger charge is -2.40. The van der Waals surface area contributed by atoms with Gasteiger partial charge in [0.1, 0.15) is 18.0 Å². The molecule has 0 unspecified atom stereocenters. The lowest BCUT2D eigenvalue weighted by Crippen LogP contribution is -2.42. The molecule has 5 heteroatoms. The van der Waals surface area contributed by atoms with E-state index in [1.54, 1.807) is 0 Å². The van der Waals surface area contributed by atoms with Gasteiger partial charge in [-0.15, -0.1) is 0 Å². The van der Waals surface area contributed by atoms with Crippen molar-refractivity contribution < 1.29 is 5.11 Å². The summed E-state index contributed by atoms with van der Waals surface area (Å²) in [5, 5.41) is 17.0. The molecule has 1 heterocycles. The molecule has 3 N–H and O–H groups in total. The Bertz CT molecular complexity index is 437. The zero-order valence-corrected chi connectivity index (χ0v) is 12.7. The van der Waals surface area contributed by atoms with Crippen LogP contribution >= 0.6 is 0 Å². The third-order valence-electron chi connectivity index (χ3n) is 4.16. The standard InChI is InChI=1S/C15H26N4O/c1-4-16-12-9-13(19-11-18-12)17-10-15(20)7-5-14(2,3)6-8-15/h9,11,20H,4-8,10H2,1-3H3,(H2,16,17,18,19). The molecule has 1 aliphatic rings. The van der Waals surface area contributed by atoms with E-state index >= 15 is 0 Å². The molecular weight excluding hydrogens is 252 g/mol. The van der Waals surface area contributed by atoms with Crippen LogP contribution in [0.3, 0.4) is 0 Å². The molecule has 0 atom stereocenters. The molecule has 1 aromatic rings. The van der Waals surface area contributed by atoms with Crippen LogP contribution in [0.5, 0.6) is 0 Å². The number of aliphatic hydroxyl groups is 1. The normalized spacial score (nSPS) is 20.4. The van der Waals surface area contributed by atoms with E-state index in [4.69, 9.17) is 0 Å². The average Bonchev–Trinajstić information content (AvgIpc) is 2.42. The van der Waals surface area contributed by atoms with Gasteiger partial charge in [-0.25, -0.2) is 9.97 Å². The summed E-state index contributed by atoms with van der Waals surface area (Å²) < 4.78 is 0. The third-order valence-corrected chi connectivity index (χ3v) is 4.16. The van der Waals surface area contributed by atoms with Gasteiger partial charge in [-0.1, -0.05) is 13.8 Å². The van der Waals surface area contributed by atoms with E-state index in [1.807, 2.05) is 13.0 Å². The molecule has 112 valence electrons. The lowest BCUT2D eigenvalue weighted by molar-refractivity contribution is -0.0145. The number of anilines is 2. The summed E-state index contributed by atoms with van der Waals surface area (Å²) in [5.41, 5.74) is -0.252. The van der Waals surface area contributed by atoms with Gasteiger partial charge in [0.05, 0.1) is 5.60 Å². The SMILES string of the molecule is CCNc1cc(NCC2(O)CCC(C)(C)CC2)ncn1. The lowest BCUT2D eigenvalue weighted by atomic mass is 9.71. The topological polar surface area (TPSA) is 70.1 Å². The van der Waals surface area contributed by atoms with Crippen LogP contribution in [-0.2, 0) is 0 Å². The van der Waals surface area contributed by atoms with Crippen LogP contribution in [0, 0.1) is 5.41 Å². The molecule has 1 aliphatic carbocycles. The molecule has 0 bridgehead atoms. The maximum Gasteiger partial charge on any atom is 0.131 e. The Morgan fingerprint density at radius 3 is 2.30 bits per heavy atom. The summed E-state index contributed by atoms with van der Waals surface area (Å²) in [6.45, 7) is 7.95. The Morgan fingerprint density at radius 2 is 1.70 bits per heavy atom. The summed E-state index contributed by atoms with van der Waals surface area (Å²) >= 11 is 0. The monoisotopic (exact) mass is 278 g/mol. The number of nitrogens with one attached hydrogen (secondary N) is 2. The summed E-state index contributed by atoms with van der Waals surface area (Å²) in [6.07, 6.45) is 5.36. The molecule has 5 nitrogen and oxygen atoms in total. The number of aromatic nitrogens is 2. The molecule has 1 fully saturated rings. The zero-order chi connectivity index (χ0) is 14.6. The number of hydrogen-bond acceptors (Lipinski definition) is 5. The smallest absolute Gasteiger partial charge is 0.131 e. The second kappa shape index (κ2) is 5.95. The fourth-order valence-corrected chi connectivity index (χ4v) is 2.56. The highest BCUT2D eigenvalue weighted by Crippen LogP contribution is 2.40. The molecule has 20 heavy (non-hydrogen) atoms. The Labute approximate surface area is 121 Å². The van der Waals surface area contributed by atoms with Gasteiger partial charge in [-0.3, -0.25) is 0 Å². The van der Waals surface area contributed by atoms with Crippen LogP contribution in [0.2, 0.25) is 0 Å². The fraction of sp³-hybridized carbons (Fsp3) is 0.733. The van der Waals surface area contributed by atoms with Crippen LogP contribution in [0.1, 0.15) is 46.5 Å². The highest BCUT2D eigenvalue weighted by Gasteiger charge is 2.36. The van der Waals surface area contributed by atoms with Gasteiger partial charge < -0.3 is 15.7 Å². The van der Waals surface area contributed by atoms with Crippen LogP contribution in [0.15, 0.2) is 12.4 Å². The van der Waals surface area contributed by atoms with Crippen LogP contribution < -0.4 is 10.6 Å². The van der Waals surface area contributed by atoms with Gasteiger partial charge in [-0.05, 0) is 38.0 Å². The molecular formula is C15H26N4O. The van der Waals surface area contributed by atoms with E-state index in [0.29, 0.717) is 12.0 Å². The number of rotatable bonds is 5.